The summed E-state index contributed by atoms with van der Waals surface area (Å²) in [6.07, 6.45) is 8.61. The third-order valence-electron chi connectivity index (χ3n) is 4.67. The van der Waals surface area contributed by atoms with Crippen LogP contribution in [0.15, 0.2) is 42.9 Å². The molecule has 3 heterocycles. The Hall–Kier alpha value is -2.63. The van der Waals surface area contributed by atoms with Crippen LogP contribution in [-0.2, 0) is 0 Å². The normalized spacial score (nSPS) is 14.3. The third kappa shape index (κ3) is 4.71. The zero-order chi connectivity index (χ0) is 18.2. The minimum atomic E-state index is -0.0393. The van der Waals surface area contributed by atoms with E-state index in [1.165, 1.54) is 0 Å². The number of pyridine rings is 2. The zero-order valence-electron chi connectivity index (χ0n) is 15.4. The van der Waals surface area contributed by atoms with Crippen LogP contribution in [0.25, 0.3) is 0 Å². The number of hydrogen-bond acceptors (Lipinski definition) is 5. The van der Waals surface area contributed by atoms with Crippen LogP contribution < -0.4 is 15.1 Å². The Morgan fingerprint density at radius 3 is 2.65 bits per heavy atom. The number of piperazine rings is 1. The Labute approximate surface area is 155 Å². The van der Waals surface area contributed by atoms with E-state index in [-0.39, 0.29) is 5.91 Å². The molecule has 0 saturated carbocycles. The van der Waals surface area contributed by atoms with Gasteiger partial charge in [-0.25, -0.2) is 4.98 Å². The van der Waals surface area contributed by atoms with Crippen LogP contribution in [0.4, 0.5) is 11.5 Å². The first-order valence-electron chi connectivity index (χ1n) is 9.42. The first-order chi connectivity index (χ1) is 12.8. The molecule has 2 aromatic heterocycles. The number of amides is 1. The Kier molecular flexibility index (Phi) is 6.41. The molecule has 0 spiro atoms. The first-order valence-corrected chi connectivity index (χ1v) is 9.42. The van der Waals surface area contributed by atoms with Crippen LogP contribution in [0.5, 0.6) is 0 Å². The summed E-state index contributed by atoms with van der Waals surface area (Å²) in [5.41, 5.74) is 1.64. The van der Waals surface area contributed by atoms with Gasteiger partial charge in [0.1, 0.15) is 5.82 Å². The molecule has 1 aliphatic heterocycles. The minimum absolute atomic E-state index is 0.0393. The van der Waals surface area contributed by atoms with Crippen LogP contribution in [0.3, 0.4) is 0 Å². The second kappa shape index (κ2) is 9.17. The Balaban J connectivity index is 1.56. The molecule has 138 valence electrons. The van der Waals surface area contributed by atoms with Gasteiger partial charge in [-0.15, -0.1) is 0 Å². The van der Waals surface area contributed by atoms with E-state index in [1.807, 2.05) is 36.7 Å². The molecule has 3 rings (SSSR count). The fourth-order valence-electron chi connectivity index (χ4n) is 3.14. The smallest absolute Gasteiger partial charge is 0.252 e. The molecule has 6 heteroatoms. The number of carbonyl (C=O) groups excluding carboxylic acids is 1. The zero-order valence-corrected chi connectivity index (χ0v) is 15.4. The maximum atomic E-state index is 12.3. The lowest BCUT2D eigenvalue weighted by atomic mass is 10.2. The van der Waals surface area contributed by atoms with Crippen LogP contribution >= 0.6 is 0 Å². The van der Waals surface area contributed by atoms with Crippen LogP contribution in [0.1, 0.15) is 36.5 Å². The molecule has 1 saturated heterocycles. The predicted molar refractivity (Wildman–Crippen MR) is 105 cm³/mol. The van der Waals surface area contributed by atoms with Crippen LogP contribution in [0, 0.1) is 0 Å². The van der Waals surface area contributed by atoms with Gasteiger partial charge in [-0.2, -0.15) is 0 Å². The minimum Gasteiger partial charge on any atom is -0.367 e. The topological polar surface area (TPSA) is 61.4 Å². The van der Waals surface area contributed by atoms with Crippen molar-refractivity contribution >= 4 is 17.4 Å². The lowest BCUT2D eigenvalue weighted by molar-refractivity contribution is 0.0952. The molecular formula is C20H27N5O. The number of carbonyl (C=O) groups is 1. The second-order valence-corrected chi connectivity index (χ2v) is 6.56. The van der Waals surface area contributed by atoms with E-state index in [0.29, 0.717) is 5.56 Å². The van der Waals surface area contributed by atoms with Crippen molar-refractivity contribution in [2.45, 2.75) is 26.2 Å². The number of hydrogen-bond donors (Lipinski definition) is 1. The average Bonchev–Trinajstić information content (AvgIpc) is 2.72. The largest absolute Gasteiger partial charge is 0.367 e. The fourth-order valence-corrected chi connectivity index (χ4v) is 3.14. The van der Waals surface area contributed by atoms with Crippen molar-refractivity contribution in [2.75, 3.05) is 42.5 Å². The summed E-state index contributed by atoms with van der Waals surface area (Å²) < 4.78 is 0. The van der Waals surface area contributed by atoms with Crippen molar-refractivity contribution < 1.29 is 4.79 Å². The van der Waals surface area contributed by atoms with Crippen molar-refractivity contribution in [3.8, 4) is 0 Å². The third-order valence-corrected chi connectivity index (χ3v) is 4.67. The molecule has 1 amide bonds. The van der Waals surface area contributed by atoms with Gasteiger partial charge in [-0.3, -0.25) is 9.78 Å². The van der Waals surface area contributed by atoms with Crippen molar-refractivity contribution in [1.29, 1.82) is 0 Å². The summed E-state index contributed by atoms with van der Waals surface area (Å²) in [7, 11) is 0. The van der Waals surface area contributed by atoms with Crippen molar-refractivity contribution in [3.05, 3.63) is 48.4 Å². The van der Waals surface area contributed by atoms with Crippen LogP contribution in [0.2, 0.25) is 0 Å². The summed E-state index contributed by atoms with van der Waals surface area (Å²) in [4.78, 5) is 25.6. The van der Waals surface area contributed by atoms with E-state index < -0.39 is 0 Å². The van der Waals surface area contributed by atoms with E-state index in [9.17, 15) is 4.79 Å². The SMILES string of the molecule is CCCCCNC(=O)c1cncc(N2CCN(c3ccccn3)CC2)c1. The fraction of sp³-hybridized carbons (Fsp3) is 0.450. The molecule has 0 aliphatic carbocycles. The molecule has 0 aromatic carbocycles. The highest BCUT2D eigenvalue weighted by Crippen LogP contribution is 2.19. The summed E-state index contributed by atoms with van der Waals surface area (Å²) in [6.45, 7) is 6.47. The summed E-state index contributed by atoms with van der Waals surface area (Å²) in [5, 5.41) is 2.98. The van der Waals surface area contributed by atoms with Gasteiger partial charge in [-0.05, 0) is 24.6 Å². The molecular weight excluding hydrogens is 326 g/mol. The molecule has 1 N–H and O–H groups in total. The molecule has 0 bridgehead atoms. The quantitative estimate of drug-likeness (QED) is 0.776. The van der Waals surface area contributed by atoms with E-state index >= 15 is 0 Å². The van der Waals surface area contributed by atoms with Gasteiger partial charge >= 0.3 is 0 Å². The van der Waals surface area contributed by atoms with E-state index in [2.05, 4.69) is 32.0 Å². The number of nitrogens with zero attached hydrogens (tertiary/aromatic N) is 4. The standard InChI is InChI=1S/C20H27N5O/c1-2-3-5-9-23-20(26)17-14-18(16-21-15-17)24-10-12-25(13-11-24)19-7-4-6-8-22-19/h4,6-8,14-16H,2-3,5,9-13H2,1H3,(H,23,26). The van der Waals surface area contributed by atoms with Crippen LogP contribution in [-0.4, -0.2) is 48.6 Å². The monoisotopic (exact) mass is 353 g/mol. The van der Waals surface area contributed by atoms with Crippen molar-refractivity contribution in [1.82, 2.24) is 15.3 Å². The molecule has 2 aromatic rings. The lowest BCUT2D eigenvalue weighted by Gasteiger charge is -2.36. The Morgan fingerprint density at radius 1 is 1.12 bits per heavy atom. The molecule has 1 fully saturated rings. The summed E-state index contributed by atoms with van der Waals surface area (Å²) in [6, 6.07) is 7.94. The molecule has 1 aliphatic rings. The van der Waals surface area contributed by atoms with Gasteiger partial charge in [0.05, 0.1) is 17.4 Å². The first kappa shape index (κ1) is 18.2. The maximum Gasteiger partial charge on any atom is 0.252 e. The Morgan fingerprint density at radius 2 is 1.92 bits per heavy atom. The van der Waals surface area contributed by atoms with Crippen molar-refractivity contribution in [2.24, 2.45) is 0 Å². The molecule has 0 atom stereocenters. The van der Waals surface area contributed by atoms with Gasteiger partial charge < -0.3 is 15.1 Å². The number of rotatable bonds is 7. The number of aromatic nitrogens is 2. The number of unbranched alkanes of at least 4 members (excludes halogenated alkanes) is 2. The highest BCUT2D eigenvalue weighted by Gasteiger charge is 2.19. The van der Waals surface area contributed by atoms with E-state index in [4.69, 9.17) is 0 Å². The van der Waals surface area contributed by atoms with E-state index in [1.54, 1.807) is 6.20 Å². The predicted octanol–water partition coefficient (Wildman–Crippen LogP) is 2.72. The van der Waals surface area contributed by atoms with E-state index in [0.717, 1.165) is 63.5 Å². The second-order valence-electron chi connectivity index (χ2n) is 6.56. The van der Waals surface area contributed by atoms with Gasteiger partial charge in [-0.1, -0.05) is 25.8 Å². The number of nitrogens with one attached hydrogen (secondary N) is 1. The molecule has 26 heavy (non-hydrogen) atoms. The average molecular weight is 353 g/mol. The summed E-state index contributed by atoms with van der Waals surface area (Å²) >= 11 is 0. The lowest BCUT2D eigenvalue weighted by Crippen LogP contribution is -2.46. The molecule has 0 unspecified atom stereocenters. The highest BCUT2D eigenvalue weighted by atomic mass is 16.1. The van der Waals surface area contributed by atoms with Gasteiger partial charge in [0.2, 0.25) is 0 Å². The number of anilines is 2. The van der Waals surface area contributed by atoms with Crippen molar-refractivity contribution in [3.63, 3.8) is 0 Å². The van der Waals surface area contributed by atoms with Gasteiger partial charge in [0, 0.05) is 45.1 Å². The van der Waals surface area contributed by atoms with Gasteiger partial charge in [0.15, 0.2) is 0 Å². The molecule has 0 radical (unpaired) electrons. The van der Waals surface area contributed by atoms with Gasteiger partial charge in [0.25, 0.3) is 5.91 Å². The maximum absolute atomic E-state index is 12.3. The molecule has 6 nitrogen and oxygen atoms in total. The Bertz CT molecular complexity index is 698. The summed E-state index contributed by atoms with van der Waals surface area (Å²) in [5.74, 6) is 0.980. The highest BCUT2D eigenvalue weighted by molar-refractivity contribution is 5.94.